The first-order valence-corrected chi connectivity index (χ1v) is 6.87. The van der Waals surface area contributed by atoms with Gasteiger partial charge in [0.1, 0.15) is 5.03 Å². The largest absolute Gasteiger partial charge is 0.416 e. The summed E-state index contributed by atoms with van der Waals surface area (Å²) in [5.41, 5.74) is 1.61. The quantitative estimate of drug-likeness (QED) is 0.872. The fourth-order valence-electron chi connectivity index (χ4n) is 1.64. The van der Waals surface area contributed by atoms with Crippen molar-refractivity contribution in [2.75, 3.05) is 7.11 Å². The van der Waals surface area contributed by atoms with E-state index in [1.54, 1.807) is 6.07 Å². The van der Waals surface area contributed by atoms with Crippen LogP contribution in [0.1, 0.15) is 15.9 Å². The van der Waals surface area contributed by atoms with Gasteiger partial charge < -0.3 is 0 Å². The Morgan fingerprint density at radius 1 is 1.27 bits per heavy atom. The van der Waals surface area contributed by atoms with E-state index in [9.17, 15) is 18.0 Å². The van der Waals surface area contributed by atoms with E-state index < -0.39 is 17.6 Å². The zero-order valence-corrected chi connectivity index (χ0v) is 12.2. The molecule has 0 aliphatic carbocycles. The van der Waals surface area contributed by atoms with Gasteiger partial charge in [-0.2, -0.15) is 13.2 Å². The van der Waals surface area contributed by atoms with Crippen molar-refractivity contribution in [1.82, 2.24) is 10.5 Å². The van der Waals surface area contributed by atoms with Gasteiger partial charge in [0.25, 0.3) is 5.91 Å². The monoisotopic (exact) mass is 328 g/mol. The summed E-state index contributed by atoms with van der Waals surface area (Å²) in [5.74, 6) is -0.523. The Kier molecular flexibility index (Phi) is 5.04. The number of nitrogens with zero attached hydrogens (tertiary/aromatic N) is 1. The second-order valence-electron chi connectivity index (χ2n) is 4.12. The highest BCUT2D eigenvalue weighted by molar-refractivity contribution is 7.99. The Morgan fingerprint density at radius 2 is 2.05 bits per heavy atom. The number of hydrogen-bond donors (Lipinski definition) is 1. The molecule has 116 valence electrons. The van der Waals surface area contributed by atoms with Crippen molar-refractivity contribution in [3.63, 3.8) is 0 Å². The van der Waals surface area contributed by atoms with E-state index in [-0.39, 0.29) is 10.6 Å². The van der Waals surface area contributed by atoms with Crippen LogP contribution in [0.2, 0.25) is 0 Å². The van der Waals surface area contributed by atoms with Crippen molar-refractivity contribution >= 4 is 17.7 Å². The Hall–Kier alpha value is -2.06. The average Bonchev–Trinajstić information content (AvgIpc) is 2.47. The molecule has 0 fully saturated rings. The second kappa shape index (κ2) is 6.80. The Morgan fingerprint density at radius 3 is 2.73 bits per heavy atom. The van der Waals surface area contributed by atoms with Gasteiger partial charge >= 0.3 is 6.18 Å². The van der Waals surface area contributed by atoms with Gasteiger partial charge in [0.2, 0.25) is 0 Å². The summed E-state index contributed by atoms with van der Waals surface area (Å²) in [6, 6.07) is 7.89. The van der Waals surface area contributed by atoms with Crippen LogP contribution in [0.25, 0.3) is 0 Å². The molecule has 0 aliphatic heterocycles. The molecule has 1 aromatic carbocycles. The van der Waals surface area contributed by atoms with Gasteiger partial charge in [0.15, 0.2) is 0 Å². The molecule has 2 aromatic rings. The lowest BCUT2D eigenvalue weighted by atomic mass is 10.2. The number of halogens is 3. The number of alkyl halides is 3. The minimum Gasteiger partial charge on any atom is -0.277 e. The van der Waals surface area contributed by atoms with Gasteiger partial charge in [-0.15, -0.1) is 0 Å². The van der Waals surface area contributed by atoms with Crippen molar-refractivity contribution in [2.24, 2.45) is 0 Å². The van der Waals surface area contributed by atoms with Gasteiger partial charge in [0, 0.05) is 11.1 Å². The Balaban J connectivity index is 2.30. The molecule has 4 nitrogen and oxygen atoms in total. The van der Waals surface area contributed by atoms with E-state index in [2.05, 4.69) is 15.3 Å². The van der Waals surface area contributed by atoms with Crippen LogP contribution in [0.3, 0.4) is 0 Å². The van der Waals surface area contributed by atoms with E-state index in [1.165, 1.54) is 31.5 Å². The summed E-state index contributed by atoms with van der Waals surface area (Å²) in [6.45, 7) is 0. The molecule has 0 radical (unpaired) electrons. The first-order valence-electron chi connectivity index (χ1n) is 6.05. The lowest BCUT2D eigenvalue weighted by Crippen LogP contribution is -2.22. The molecular weight excluding hydrogens is 317 g/mol. The molecule has 2 rings (SSSR count). The molecule has 1 amide bonds. The van der Waals surface area contributed by atoms with Gasteiger partial charge in [0.05, 0.1) is 18.2 Å². The number of rotatable bonds is 4. The SMILES string of the molecule is CONC(=O)c1cccnc1Sc1cccc(C(F)(F)F)c1. The highest BCUT2D eigenvalue weighted by Gasteiger charge is 2.30. The minimum atomic E-state index is -4.42. The van der Waals surface area contributed by atoms with Crippen molar-refractivity contribution in [2.45, 2.75) is 16.1 Å². The van der Waals surface area contributed by atoms with Gasteiger partial charge in [-0.25, -0.2) is 10.5 Å². The van der Waals surface area contributed by atoms with Gasteiger partial charge in [-0.1, -0.05) is 17.8 Å². The molecule has 22 heavy (non-hydrogen) atoms. The summed E-state index contributed by atoms with van der Waals surface area (Å²) >= 11 is 0.971. The van der Waals surface area contributed by atoms with Crippen molar-refractivity contribution in [3.05, 3.63) is 53.7 Å². The molecule has 0 unspecified atom stereocenters. The summed E-state index contributed by atoms with van der Waals surface area (Å²) in [5, 5.41) is 0.288. The van der Waals surface area contributed by atoms with Crippen LogP contribution >= 0.6 is 11.8 Å². The topological polar surface area (TPSA) is 51.2 Å². The number of hydrogen-bond acceptors (Lipinski definition) is 4. The van der Waals surface area contributed by atoms with E-state index in [1.807, 2.05) is 0 Å². The van der Waals surface area contributed by atoms with Crippen LogP contribution in [0.15, 0.2) is 52.5 Å². The fourth-order valence-corrected chi connectivity index (χ4v) is 2.58. The molecular formula is C14H11F3N2O2S. The molecule has 0 spiro atoms. The Bertz CT molecular complexity index is 677. The lowest BCUT2D eigenvalue weighted by molar-refractivity contribution is -0.137. The summed E-state index contributed by atoms with van der Waals surface area (Å²) < 4.78 is 38.1. The van der Waals surface area contributed by atoms with Crippen LogP contribution in [0.4, 0.5) is 13.2 Å². The van der Waals surface area contributed by atoms with Crippen molar-refractivity contribution < 1.29 is 22.8 Å². The molecule has 0 aliphatic rings. The first-order chi connectivity index (χ1) is 10.4. The standard InChI is InChI=1S/C14H11F3N2O2S/c1-21-19-12(20)11-6-3-7-18-13(11)22-10-5-2-4-9(8-10)14(15,16)17/h2-8H,1H3,(H,19,20). The van der Waals surface area contributed by atoms with E-state index in [0.29, 0.717) is 4.90 Å². The fraction of sp³-hybridized carbons (Fsp3) is 0.143. The normalized spacial score (nSPS) is 11.3. The molecule has 0 bridgehead atoms. The molecule has 0 saturated heterocycles. The lowest BCUT2D eigenvalue weighted by Gasteiger charge is -2.10. The van der Waals surface area contributed by atoms with Crippen molar-refractivity contribution in [1.29, 1.82) is 0 Å². The number of carbonyl (C=O) groups excluding carboxylic acids is 1. The zero-order chi connectivity index (χ0) is 16.2. The zero-order valence-electron chi connectivity index (χ0n) is 11.3. The number of pyridine rings is 1. The van der Waals surface area contributed by atoms with Gasteiger partial charge in [-0.05, 0) is 30.3 Å². The molecule has 1 aromatic heterocycles. The van der Waals surface area contributed by atoms with Crippen LogP contribution in [-0.4, -0.2) is 18.0 Å². The smallest absolute Gasteiger partial charge is 0.277 e. The van der Waals surface area contributed by atoms with E-state index in [0.717, 1.165) is 23.9 Å². The highest BCUT2D eigenvalue weighted by Crippen LogP contribution is 2.34. The maximum absolute atomic E-state index is 12.7. The molecule has 1 N–H and O–H groups in total. The summed E-state index contributed by atoms with van der Waals surface area (Å²) in [4.78, 5) is 20.7. The minimum absolute atomic E-state index is 0.215. The molecule has 1 heterocycles. The number of carbonyl (C=O) groups is 1. The van der Waals surface area contributed by atoms with Crippen LogP contribution in [0.5, 0.6) is 0 Å². The van der Waals surface area contributed by atoms with Crippen molar-refractivity contribution in [3.8, 4) is 0 Å². The first kappa shape index (κ1) is 16.3. The highest BCUT2D eigenvalue weighted by atomic mass is 32.2. The summed E-state index contributed by atoms with van der Waals surface area (Å²) in [6.07, 6.45) is -2.96. The molecule has 8 heteroatoms. The van der Waals surface area contributed by atoms with E-state index >= 15 is 0 Å². The third kappa shape index (κ3) is 3.99. The predicted molar refractivity (Wildman–Crippen MR) is 74.3 cm³/mol. The number of aromatic nitrogens is 1. The van der Waals surface area contributed by atoms with Gasteiger partial charge in [-0.3, -0.25) is 9.63 Å². The number of benzene rings is 1. The third-order valence-electron chi connectivity index (χ3n) is 2.59. The number of hydroxylamine groups is 1. The number of amides is 1. The van der Waals surface area contributed by atoms with Crippen LogP contribution in [0, 0.1) is 0 Å². The number of nitrogens with one attached hydrogen (secondary N) is 1. The average molecular weight is 328 g/mol. The summed E-state index contributed by atoms with van der Waals surface area (Å²) in [7, 11) is 1.29. The third-order valence-corrected chi connectivity index (χ3v) is 3.59. The molecule has 0 atom stereocenters. The predicted octanol–water partition coefficient (Wildman–Crippen LogP) is 3.54. The second-order valence-corrected chi connectivity index (χ2v) is 5.18. The van der Waals surface area contributed by atoms with E-state index in [4.69, 9.17) is 0 Å². The van der Waals surface area contributed by atoms with Crippen LogP contribution in [-0.2, 0) is 11.0 Å². The Labute approximate surface area is 128 Å². The van der Waals surface area contributed by atoms with Crippen LogP contribution < -0.4 is 5.48 Å². The molecule has 0 saturated carbocycles. The maximum Gasteiger partial charge on any atom is 0.416 e. The maximum atomic E-state index is 12.7.